The second kappa shape index (κ2) is 5.64. The average molecular weight is 263 g/mol. The van der Waals surface area contributed by atoms with Crippen molar-refractivity contribution in [3.05, 3.63) is 12.5 Å². The molecule has 0 aliphatic heterocycles. The standard InChI is InChI=1S/C12H17N5O2/c1-4-19-10(18)5-6-16(2)11-9-7-15-17(3)12(9)14-8-13-11/h7-8H,4-6H2,1-3H3. The Bertz CT molecular complexity index is 581. The lowest BCUT2D eigenvalue weighted by atomic mass is 10.3. The topological polar surface area (TPSA) is 73.1 Å². The van der Waals surface area contributed by atoms with Gasteiger partial charge >= 0.3 is 5.97 Å². The minimum absolute atomic E-state index is 0.203. The zero-order chi connectivity index (χ0) is 13.8. The highest BCUT2D eigenvalue weighted by Crippen LogP contribution is 2.20. The number of aryl methyl sites for hydroxylation is 1. The first-order chi connectivity index (χ1) is 9.13. The molecule has 0 bridgehead atoms. The Morgan fingerprint density at radius 1 is 1.47 bits per heavy atom. The number of ether oxygens (including phenoxy) is 1. The van der Waals surface area contributed by atoms with Crippen molar-refractivity contribution in [2.75, 3.05) is 25.1 Å². The van der Waals surface area contributed by atoms with Gasteiger partial charge in [0, 0.05) is 20.6 Å². The van der Waals surface area contributed by atoms with Gasteiger partial charge in [0.25, 0.3) is 0 Å². The molecule has 0 saturated carbocycles. The normalized spacial score (nSPS) is 10.7. The predicted octanol–water partition coefficient (Wildman–Crippen LogP) is 0.753. The quantitative estimate of drug-likeness (QED) is 0.741. The number of carbonyl (C=O) groups excluding carboxylic acids is 1. The number of hydrogen-bond donors (Lipinski definition) is 0. The first-order valence-corrected chi connectivity index (χ1v) is 6.13. The highest BCUT2D eigenvalue weighted by Gasteiger charge is 2.13. The Kier molecular flexibility index (Phi) is 3.94. The van der Waals surface area contributed by atoms with E-state index in [-0.39, 0.29) is 5.97 Å². The van der Waals surface area contributed by atoms with Crippen LogP contribution in [0, 0.1) is 0 Å². The molecule has 0 atom stereocenters. The van der Waals surface area contributed by atoms with Crippen molar-refractivity contribution in [3.63, 3.8) is 0 Å². The monoisotopic (exact) mass is 263 g/mol. The van der Waals surface area contributed by atoms with Crippen LogP contribution in [0.25, 0.3) is 11.0 Å². The maximum Gasteiger partial charge on any atom is 0.307 e. The lowest BCUT2D eigenvalue weighted by Gasteiger charge is -2.17. The molecule has 7 heteroatoms. The number of rotatable bonds is 5. The average Bonchev–Trinajstić information content (AvgIpc) is 2.78. The van der Waals surface area contributed by atoms with Crippen LogP contribution in [0.5, 0.6) is 0 Å². The zero-order valence-corrected chi connectivity index (χ0v) is 11.3. The number of esters is 1. The summed E-state index contributed by atoms with van der Waals surface area (Å²) in [4.78, 5) is 21.7. The Balaban J connectivity index is 2.13. The van der Waals surface area contributed by atoms with E-state index >= 15 is 0 Å². The van der Waals surface area contributed by atoms with Crippen LogP contribution in [0.3, 0.4) is 0 Å². The fourth-order valence-electron chi connectivity index (χ4n) is 1.85. The third kappa shape index (κ3) is 2.81. The van der Waals surface area contributed by atoms with Gasteiger partial charge in [0.2, 0.25) is 0 Å². The zero-order valence-electron chi connectivity index (χ0n) is 11.3. The number of aromatic nitrogens is 4. The van der Waals surface area contributed by atoms with Crippen molar-refractivity contribution in [2.24, 2.45) is 7.05 Å². The van der Waals surface area contributed by atoms with E-state index in [1.807, 2.05) is 19.0 Å². The minimum Gasteiger partial charge on any atom is -0.466 e. The Hall–Kier alpha value is -2.18. The largest absolute Gasteiger partial charge is 0.466 e. The van der Waals surface area contributed by atoms with Gasteiger partial charge in [0.15, 0.2) is 5.65 Å². The van der Waals surface area contributed by atoms with Gasteiger partial charge in [-0.1, -0.05) is 0 Å². The molecule has 7 nitrogen and oxygen atoms in total. The lowest BCUT2D eigenvalue weighted by molar-refractivity contribution is -0.142. The first kappa shape index (κ1) is 13.3. The van der Waals surface area contributed by atoms with Crippen molar-refractivity contribution < 1.29 is 9.53 Å². The van der Waals surface area contributed by atoms with Crippen LogP contribution in [0.1, 0.15) is 13.3 Å². The summed E-state index contributed by atoms with van der Waals surface area (Å²) in [5.41, 5.74) is 0.771. The Labute approximate surface area is 111 Å². The summed E-state index contributed by atoms with van der Waals surface area (Å²) in [6.07, 6.45) is 3.56. The molecule has 0 aliphatic rings. The molecule has 0 amide bonds. The number of nitrogens with zero attached hydrogens (tertiary/aromatic N) is 5. The molecule has 19 heavy (non-hydrogen) atoms. The molecule has 2 aromatic heterocycles. The van der Waals surface area contributed by atoms with Crippen LogP contribution in [-0.4, -0.2) is 45.9 Å². The van der Waals surface area contributed by atoms with Crippen molar-refractivity contribution in [2.45, 2.75) is 13.3 Å². The summed E-state index contributed by atoms with van der Waals surface area (Å²) in [5.74, 6) is 0.563. The van der Waals surface area contributed by atoms with Crippen LogP contribution in [0.2, 0.25) is 0 Å². The number of carbonyl (C=O) groups is 1. The van der Waals surface area contributed by atoms with E-state index in [9.17, 15) is 4.79 Å². The molecule has 2 aromatic rings. The van der Waals surface area contributed by atoms with Crippen LogP contribution in [-0.2, 0) is 16.6 Å². The van der Waals surface area contributed by atoms with Gasteiger partial charge in [-0.05, 0) is 6.92 Å². The SMILES string of the molecule is CCOC(=O)CCN(C)c1ncnc2c1cnn2C. The maximum atomic E-state index is 11.3. The van der Waals surface area contributed by atoms with Crippen molar-refractivity contribution in [1.82, 2.24) is 19.7 Å². The van der Waals surface area contributed by atoms with Crippen LogP contribution < -0.4 is 4.90 Å². The van der Waals surface area contributed by atoms with E-state index in [1.165, 1.54) is 6.33 Å². The molecule has 0 unspecified atom stereocenters. The summed E-state index contributed by atoms with van der Waals surface area (Å²) >= 11 is 0. The van der Waals surface area contributed by atoms with E-state index in [1.54, 1.807) is 17.8 Å². The summed E-state index contributed by atoms with van der Waals surface area (Å²) in [6, 6.07) is 0. The van der Waals surface area contributed by atoms with E-state index < -0.39 is 0 Å². The Morgan fingerprint density at radius 3 is 3.00 bits per heavy atom. The third-order valence-corrected chi connectivity index (χ3v) is 2.83. The van der Waals surface area contributed by atoms with E-state index in [2.05, 4.69) is 15.1 Å². The molecule has 0 aromatic carbocycles. The predicted molar refractivity (Wildman–Crippen MR) is 70.8 cm³/mol. The van der Waals surface area contributed by atoms with E-state index in [4.69, 9.17) is 4.74 Å². The number of hydrogen-bond acceptors (Lipinski definition) is 6. The fraction of sp³-hybridized carbons (Fsp3) is 0.500. The van der Waals surface area contributed by atoms with Gasteiger partial charge in [-0.25, -0.2) is 9.97 Å². The second-order valence-electron chi connectivity index (χ2n) is 4.18. The number of fused-ring (bicyclic) bond motifs is 1. The molecular weight excluding hydrogens is 246 g/mol. The smallest absolute Gasteiger partial charge is 0.307 e. The van der Waals surface area contributed by atoms with Gasteiger partial charge in [-0.3, -0.25) is 9.48 Å². The van der Waals surface area contributed by atoms with Gasteiger partial charge in [-0.2, -0.15) is 5.10 Å². The lowest BCUT2D eigenvalue weighted by Crippen LogP contribution is -2.23. The molecule has 102 valence electrons. The molecule has 0 spiro atoms. The Morgan fingerprint density at radius 2 is 2.26 bits per heavy atom. The summed E-state index contributed by atoms with van der Waals surface area (Å²) in [5, 5.41) is 5.03. The molecule has 0 radical (unpaired) electrons. The maximum absolute atomic E-state index is 11.3. The van der Waals surface area contributed by atoms with Gasteiger partial charge in [-0.15, -0.1) is 0 Å². The molecule has 0 aliphatic carbocycles. The molecule has 2 rings (SSSR count). The summed E-state index contributed by atoms with van der Waals surface area (Å²) in [7, 11) is 3.71. The van der Waals surface area contributed by atoms with Gasteiger partial charge in [0.1, 0.15) is 12.1 Å². The van der Waals surface area contributed by atoms with Crippen molar-refractivity contribution in [1.29, 1.82) is 0 Å². The van der Waals surface area contributed by atoms with Crippen molar-refractivity contribution in [3.8, 4) is 0 Å². The molecular formula is C12H17N5O2. The van der Waals surface area contributed by atoms with Gasteiger partial charge in [0.05, 0.1) is 24.6 Å². The van der Waals surface area contributed by atoms with Crippen LogP contribution >= 0.6 is 0 Å². The minimum atomic E-state index is -0.203. The van der Waals surface area contributed by atoms with Crippen LogP contribution in [0.15, 0.2) is 12.5 Å². The molecule has 0 saturated heterocycles. The molecule has 0 N–H and O–H groups in total. The third-order valence-electron chi connectivity index (χ3n) is 2.83. The summed E-state index contributed by atoms with van der Waals surface area (Å²) in [6.45, 7) is 2.74. The van der Waals surface area contributed by atoms with Crippen LogP contribution in [0.4, 0.5) is 5.82 Å². The highest BCUT2D eigenvalue weighted by atomic mass is 16.5. The fourth-order valence-corrected chi connectivity index (χ4v) is 1.85. The highest BCUT2D eigenvalue weighted by molar-refractivity contribution is 5.86. The molecule has 0 fully saturated rings. The molecule has 2 heterocycles. The van der Waals surface area contributed by atoms with Crippen molar-refractivity contribution >= 4 is 22.8 Å². The number of anilines is 1. The van der Waals surface area contributed by atoms with Gasteiger partial charge < -0.3 is 9.64 Å². The van der Waals surface area contributed by atoms with E-state index in [0.717, 1.165) is 16.9 Å². The first-order valence-electron chi connectivity index (χ1n) is 6.13. The van der Waals surface area contributed by atoms with E-state index in [0.29, 0.717) is 19.6 Å². The summed E-state index contributed by atoms with van der Waals surface area (Å²) < 4.78 is 6.60. The second-order valence-corrected chi connectivity index (χ2v) is 4.18.